The molecule has 0 spiro atoms. The molecular formula is C30H25BrN2O2. The molecule has 4 rings (SSSR count). The summed E-state index contributed by atoms with van der Waals surface area (Å²) in [5, 5.41) is 14.8. The van der Waals surface area contributed by atoms with Crippen LogP contribution in [0.4, 0.5) is 5.69 Å². The molecule has 4 nitrogen and oxygen atoms in total. The van der Waals surface area contributed by atoms with Crippen LogP contribution in [0.2, 0.25) is 0 Å². The molecule has 0 aliphatic rings. The molecule has 4 aromatic carbocycles. The van der Waals surface area contributed by atoms with E-state index in [1.165, 1.54) is 16.3 Å². The van der Waals surface area contributed by atoms with Crippen molar-refractivity contribution in [3.05, 3.63) is 111 Å². The highest BCUT2D eigenvalue weighted by molar-refractivity contribution is 9.10. The summed E-state index contributed by atoms with van der Waals surface area (Å²) in [6, 6.07) is 25.8. The van der Waals surface area contributed by atoms with Gasteiger partial charge in [-0.05, 0) is 94.0 Å². The summed E-state index contributed by atoms with van der Waals surface area (Å²) >= 11 is 3.57. The number of ether oxygens (including phenoxy) is 1. The predicted octanol–water partition coefficient (Wildman–Crippen LogP) is 7.65. The third-order valence-electron chi connectivity index (χ3n) is 5.92. The van der Waals surface area contributed by atoms with Gasteiger partial charge in [0.1, 0.15) is 24.0 Å². The molecule has 0 heterocycles. The zero-order valence-electron chi connectivity index (χ0n) is 19.9. The van der Waals surface area contributed by atoms with Crippen LogP contribution in [-0.4, -0.2) is 5.91 Å². The number of fused-ring (bicyclic) bond motifs is 1. The quantitative estimate of drug-likeness (QED) is 0.208. The summed E-state index contributed by atoms with van der Waals surface area (Å²) in [7, 11) is 0. The molecule has 0 fully saturated rings. The highest BCUT2D eigenvalue weighted by atomic mass is 79.9. The monoisotopic (exact) mass is 524 g/mol. The largest absolute Gasteiger partial charge is 0.488 e. The van der Waals surface area contributed by atoms with Crippen LogP contribution in [0.1, 0.15) is 27.8 Å². The van der Waals surface area contributed by atoms with Crippen molar-refractivity contribution in [1.82, 2.24) is 0 Å². The van der Waals surface area contributed by atoms with Crippen molar-refractivity contribution < 1.29 is 9.53 Å². The lowest BCUT2D eigenvalue weighted by Gasteiger charge is -2.13. The second-order valence-corrected chi connectivity index (χ2v) is 9.36. The Hall–Kier alpha value is -3.88. The van der Waals surface area contributed by atoms with E-state index in [0.717, 1.165) is 26.7 Å². The van der Waals surface area contributed by atoms with Crippen molar-refractivity contribution in [2.24, 2.45) is 0 Å². The predicted molar refractivity (Wildman–Crippen MR) is 145 cm³/mol. The van der Waals surface area contributed by atoms with E-state index in [1.807, 2.05) is 68.4 Å². The van der Waals surface area contributed by atoms with E-state index in [-0.39, 0.29) is 5.57 Å². The number of halogens is 1. The van der Waals surface area contributed by atoms with E-state index >= 15 is 0 Å². The molecule has 35 heavy (non-hydrogen) atoms. The lowest BCUT2D eigenvalue weighted by molar-refractivity contribution is -0.112. The van der Waals surface area contributed by atoms with E-state index in [1.54, 1.807) is 6.08 Å². The molecule has 5 heteroatoms. The van der Waals surface area contributed by atoms with Gasteiger partial charge in [-0.15, -0.1) is 0 Å². The van der Waals surface area contributed by atoms with Crippen LogP contribution >= 0.6 is 15.9 Å². The van der Waals surface area contributed by atoms with Gasteiger partial charge in [0, 0.05) is 11.3 Å². The second kappa shape index (κ2) is 10.6. The van der Waals surface area contributed by atoms with E-state index in [4.69, 9.17) is 4.74 Å². The maximum atomic E-state index is 12.7. The number of benzene rings is 4. The second-order valence-electron chi connectivity index (χ2n) is 8.50. The van der Waals surface area contributed by atoms with Crippen LogP contribution in [0.3, 0.4) is 0 Å². The summed E-state index contributed by atoms with van der Waals surface area (Å²) in [5.74, 6) is 0.247. The van der Waals surface area contributed by atoms with E-state index in [0.29, 0.717) is 18.0 Å². The average molecular weight is 525 g/mol. The molecule has 0 radical (unpaired) electrons. The smallest absolute Gasteiger partial charge is 0.266 e. The fourth-order valence-electron chi connectivity index (χ4n) is 3.89. The molecule has 4 aromatic rings. The molecule has 0 atom stereocenters. The third kappa shape index (κ3) is 5.62. The molecule has 0 aliphatic heterocycles. The zero-order chi connectivity index (χ0) is 24.9. The summed E-state index contributed by atoms with van der Waals surface area (Å²) in [6.45, 7) is 6.39. The molecule has 1 N–H and O–H groups in total. The van der Waals surface area contributed by atoms with Crippen molar-refractivity contribution in [3.63, 3.8) is 0 Å². The van der Waals surface area contributed by atoms with Gasteiger partial charge in [-0.1, -0.05) is 54.6 Å². The van der Waals surface area contributed by atoms with Gasteiger partial charge in [0.2, 0.25) is 0 Å². The Morgan fingerprint density at radius 3 is 2.54 bits per heavy atom. The first-order valence-corrected chi connectivity index (χ1v) is 12.0. The average Bonchev–Trinajstić information content (AvgIpc) is 2.85. The Labute approximate surface area is 214 Å². The van der Waals surface area contributed by atoms with Gasteiger partial charge >= 0.3 is 0 Å². The van der Waals surface area contributed by atoms with Crippen molar-refractivity contribution in [3.8, 4) is 11.8 Å². The fraction of sp³-hybridized carbons (Fsp3) is 0.133. The van der Waals surface area contributed by atoms with E-state index in [9.17, 15) is 10.1 Å². The van der Waals surface area contributed by atoms with Crippen molar-refractivity contribution in [1.29, 1.82) is 5.26 Å². The van der Waals surface area contributed by atoms with Gasteiger partial charge in [-0.25, -0.2) is 0 Å². The number of anilines is 1. The van der Waals surface area contributed by atoms with Crippen LogP contribution < -0.4 is 10.1 Å². The number of carbonyl (C=O) groups excluding carboxylic acids is 1. The summed E-state index contributed by atoms with van der Waals surface area (Å²) in [6.07, 6.45) is 1.57. The van der Waals surface area contributed by atoms with E-state index in [2.05, 4.69) is 52.4 Å². The Morgan fingerprint density at radius 1 is 1.00 bits per heavy atom. The number of hydrogen-bond acceptors (Lipinski definition) is 3. The van der Waals surface area contributed by atoms with Gasteiger partial charge in [0.05, 0.1) is 4.47 Å². The molecule has 0 saturated carbocycles. The number of nitrogens with one attached hydrogen (secondary N) is 1. The third-order valence-corrected chi connectivity index (χ3v) is 6.54. The van der Waals surface area contributed by atoms with Crippen molar-refractivity contribution >= 4 is 44.4 Å². The molecule has 0 unspecified atom stereocenters. The highest BCUT2D eigenvalue weighted by Crippen LogP contribution is 2.30. The molecule has 0 aromatic heterocycles. The molecule has 0 aliphatic carbocycles. The lowest BCUT2D eigenvalue weighted by atomic mass is 10.0. The minimum atomic E-state index is -0.441. The number of hydrogen-bond donors (Lipinski definition) is 1. The number of nitrogens with zero attached hydrogens (tertiary/aromatic N) is 1. The molecule has 174 valence electrons. The summed E-state index contributed by atoms with van der Waals surface area (Å²) in [5.41, 5.74) is 5.74. The van der Waals surface area contributed by atoms with Gasteiger partial charge in [-0.3, -0.25) is 4.79 Å². The number of rotatable bonds is 6. The minimum absolute atomic E-state index is 0.0258. The molecule has 1 amide bonds. The Morgan fingerprint density at radius 2 is 1.77 bits per heavy atom. The zero-order valence-corrected chi connectivity index (χ0v) is 21.4. The minimum Gasteiger partial charge on any atom is -0.488 e. The highest BCUT2D eigenvalue weighted by Gasteiger charge is 2.12. The van der Waals surface area contributed by atoms with Gasteiger partial charge in [0.25, 0.3) is 5.91 Å². The Kier molecular flexibility index (Phi) is 7.33. The van der Waals surface area contributed by atoms with Crippen molar-refractivity contribution in [2.75, 3.05) is 5.32 Å². The molecule has 0 saturated heterocycles. The first-order valence-electron chi connectivity index (χ1n) is 11.3. The first kappa shape index (κ1) is 24.3. The van der Waals surface area contributed by atoms with Gasteiger partial charge < -0.3 is 10.1 Å². The van der Waals surface area contributed by atoms with Gasteiger partial charge in [-0.2, -0.15) is 5.26 Å². The molecule has 0 bridgehead atoms. The topological polar surface area (TPSA) is 62.1 Å². The maximum Gasteiger partial charge on any atom is 0.266 e. The summed E-state index contributed by atoms with van der Waals surface area (Å²) < 4.78 is 6.88. The summed E-state index contributed by atoms with van der Waals surface area (Å²) in [4.78, 5) is 12.7. The number of carbonyl (C=O) groups is 1. The number of amides is 1. The van der Waals surface area contributed by atoms with Crippen molar-refractivity contribution in [2.45, 2.75) is 27.4 Å². The van der Waals surface area contributed by atoms with Crippen LogP contribution in [0.25, 0.3) is 16.8 Å². The normalized spacial score (nSPS) is 11.2. The van der Waals surface area contributed by atoms with Crippen LogP contribution in [0, 0.1) is 32.1 Å². The lowest BCUT2D eigenvalue weighted by Crippen LogP contribution is -2.14. The van der Waals surface area contributed by atoms with Gasteiger partial charge in [0.15, 0.2) is 0 Å². The fourth-order valence-corrected chi connectivity index (χ4v) is 4.40. The Balaban J connectivity index is 1.51. The molecular weight excluding hydrogens is 500 g/mol. The first-order chi connectivity index (χ1) is 16.9. The van der Waals surface area contributed by atoms with Crippen LogP contribution in [0.5, 0.6) is 5.75 Å². The number of aryl methyl sites for hydroxylation is 3. The SMILES string of the molecule is Cc1ccc(C)c(NC(=O)/C(C#N)=C/c2ccc(OCc3c(C)ccc4ccccc34)c(Br)c2)c1. The maximum absolute atomic E-state index is 12.7. The van der Waals surface area contributed by atoms with Crippen LogP contribution in [-0.2, 0) is 11.4 Å². The standard InChI is InChI=1S/C30H25BrN2O2/c1-19-8-9-21(3)28(14-19)33-30(34)24(17-32)15-22-11-13-29(27(31)16-22)35-18-26-20(2)10-12-23-6-4-5-7-25(23)26/h4-16H,18H2,1-3H3,(H,33,34)/b24-15+. The Bertz CT molecular complexity index is 1500. The van der Waals surface area contributed by atoms with Crippen LogP contribution in [0.15, 0.2) is 82.8 Å². The van der Waals surface area contributed by atoms with E-state index < -0.39 is 5.91 Å². The number of nitriles is 1.